The second-order valence-electron chi connectivity index (χ2n) is 4.36. The number of hydrogen-bond donors (Lipinski definition) is 1. The minimum Gasteiger partial charge on any atom is -0.481 e. The molecule has 0 bridgehead atoms. The number of hydrogen-bond acceptors (Lipinski definition) is 1. The first kappa shape index (κ1) is 17.0. The van der Waals surface area contributed by atoms with E-state index in [0.29, 0.717) is 0 Å². The average Bonchev–Trinajstić information content (AvgIpc) is 3.16. The Bertz CT molecular complexity index is 581. The van der Waals surface area contributed by atoms with Crippen LogP contribution in [0.15, 0.2) is 84.9 Å². The zero-order chi connectivity index (χ0) is 14.2. The second kappa shape index (κ2) is 8.96. The van der Waals surface area contributed by atoms with E-state index in [9.17, 15) is 9.90 Å². The summed E-state index contributed by atoms with van der Waals surface area (Å²) in [7, 11) is 0. The summed E-state index contributed by atoms with van der Waals surface area (Å²) in [5.74, 6) is -1.37. The van der Waals surface area contributed by atoms with Crippen LogP contribution in [0.25, 0.3) is 0 Å². The van der Waals surface area contributed by atoms with Crippen molar-refractivity contribution in [1.29, 1.82) is 0 Å². The van der Waals surface area contributed by atoms with Gasteiger partial charge in [0.2, 0.25) is 0 Å². The quantitative estimate of drug-likeness (QED) is 0.584. The molecular formula is C18H16FeO2. The van der Waals surface area contributed by atoms with Gasteiger partial charge in [0.05, 0.1) is 5.92 Å². The molecule has 1 N–H and O–H groups in total. The van der Waals surface area contributed by atoms with Crippen LogP contribution < -0.4 is 0 Å². The molecule has 0 aliphatic rings. The van der Waals surface area contributed by atoms with Crippen LogP contribution >= 0.6 is 0 Å². The van der Waals surface area contributed by atoms with Gasteiger partial charge in [-0.05, 0) is 5.56 Å². The van der Waals surface area contributed by atoms with E-state index in [1.165, 1.54) is 0 Å². The number of aliphatic carboxylic acids is 1. The van der Waals surface area contributed by atoms with Crippen LogP contribution in [-0.2, 0) is 21.9 Å². The van der Waals surface area contributed by atoms with Crippen molar-refractivity contribution in [2.45, 2.75) is 5.92 Å². The van der Waals surface area contributed by atoms with Crippen molar-refractivity contribution in [3.05, 3.63) is 96.1 Å². The third-order valence-corrected chi connectivity index (χ3v) is 2.96. The molecular weight excluding hydrogens is 304 g/mol. The maximum atomic E-state index is 11.2. The van der Waals surface area contributed by atoms with Crippen molar-refractivity contribution in [3.63, 3.8) is 0 Å². The topological polar surface area (TPSA) is 37.3 Å². The summed E-state index contributed by atoms with van der Waals surface area (Å²) in [6.07, 6.45) is 0. The average molecular weight is 320 g/mol. The predicted molar refractivity (Wildman–Crippen MR) is 80.0 cm³/mol. The predicted octanol–water partition coefficient (Wildman–Crippen LogP) is 4.03. The molecule has 0 amide bonds. The molecule has 0 aromatic heterocycles. The van der Waals surface area contributed by atoms with Crippen LogP contribution in [0.4, 0.5) is 0 Å². The van der Waals surface area contributed by atoms with Gasteiger partial charge < -0.3 is 5.11 Å². The van der Waals surface area contributed by atoms with Gasteiger partial charge in [-0.2, -0.15) is 30.3 Å². The summed E-state index contributed by atoms with van der Waals surface area (Å²) in [5.41, 5.74) is 1.64. The monoisotopic (exact) mass is 320 g/mol. The van der Waals surface area contributed by atoms with E-state index < -0.39 is 11.9 Å². The zero-order valence-corrected chi connectivity index (χ0v) is 12.5. The van der Waals surface area contributed by atoms with E-state index in [-0.39, 0.29) is 17.1 Å². The first-order chi connectivity index (χ1) is 9.79. The Morgan fingerprint density at radius 1 is 0.952 bits per heavy atom. The third kappa shape index (κ3) is 5.07. The van der Waals surface area contributed by atoms with Crippen LogP contribution in [0.3, 0.4) is 0 Å². The molecule has 3 rings (SSSR count). The Kier molecular flexibility index (Phi) is 7.24. The Hall–Kier alpha value is -2.09. The maximum absolute atomic E-state index is 11.2. The van der Waals surface area contributed by atoms with E-state index in [1.54, 1.807) is 0 Å². The van der Waals surface area contributed by atoms with Crippen LogP contribution in [0, 0.1) is 0 Å². The molecule has 0 radical (unpaired) electrons. The molecule has 21 heavy (non-hydrogen) atoms. The van der Waals surface area contributed by atoms with Crippen molar-refractivity contribution in [2.75, 3.05) is 0 Å². The van der Waals surface area contributed by atoms with Crippen molar-refractivity contribution in [2.24, 2.45) is 0 Å². The molecule has 2 nitrogen and oxygen atoms in total. The molecule has 3 heteroatoms. The number of rotatable bonds is 3. The van der Waals surface area contributed by atoms with E-state index in [2.05, 4.69) is 0 Å². The molecule has 3 aromatic rings. The normalized spacial score (nSPS) is 10.7. The van der Waals surface area contributed by atoms with Gasteiger partial charge in [-0.1, -0.05) is 30.3 Å². The van der Waals surface area contributed by atoms with Gasteiger partial charge in [0.1, 0.15) is 0 Å². The van der Waals surface area contributed by atoms with Gasteiger partial charge in [0, 0.05) is 0 Å². The molecule has 0 heterocycles. The molecule has 1 unspecified atom stereocenters. The van der Waals surface area contributed by atoms with E-state index in [4.69, 9.17) is 0 Å². The first-order valence-electron chi connectivity index (χ1n) is 6.45. The summed E-state index contributed by atoms with van der Waals surface area (Å²) < 4.78 is 0. The molecule has 108 valence electrons. The van der Waals surface area contributed by atoms with Crippen LogP contribution in [0.5, 0.6) is 0 Å². The fourth-order valence-electron chi connectivity index (χ4n) is 2.03. The minimum absolute atomic E-state index is 0. The maximum Gasteiger partial charge on any atom is 2.00 e. The number of benzene rings is 1. The summed E-state index contributed by atoms with van der Waals surface area (Å²) in [5, 5.41) is 9.20. The van der Waals surface area contributed by atoms with Crippen LogP contribution in [0.2, 0.25) is 0 Å². The molecule has 0 aliphatic heterocycles. The van der Waals surface area contributed by atoms with Crippen molar-refractivity contribution >= 4 is 5.97 Å². The summed E-state index contributed by atoms with van der Waals surface area (Å²) in [4.78, 5) is 11.2. The largest absolute Gasteiger partial charge is 2.00 e. The summed E-state index contributed by atoms with van der Waals surface area (Å²) in [6, 6.07) is 26.7. The fourth-order valence-corrected chi connectivity index (χ4v) is 2.03. The standard InChI is InChI=1S/C13H11O2.C5H5.Fe/c14-13(15)12(11-8-4-5-9-11)10-6-2-1-3-7-10;1-2-4-5-3-1;/h1-9,12H,(H,14,15);1-5H;/q2*-1;+2. The van der Waals surface area contributed by atoms with Gasteiger partial charge in [-0.15, -0.1) is 5.56 Å². The number of carbonyl (C=O) groups is 1. The van der Waals surface area contributed by atoms with Crippen molar-refractivity contribution < 1.29 is 27.0 Å². The van der Waals surface area contributed by atoms with Gasteiger partial charge >= 0.3 is 23.0 Å². The Balaban J connectivity index is 0.000000313. The molecule has 3 aromatic carbocycles. The molecule has 0 saturated heterocycles. The van der Waals surface area contributed by atoms with E-state index in [1.807, 2.05) is 84.9 Å². The first-order valence-corrected chi connectivity index (χ1v) is 6.45. The second-order valence-corrected chi connectivity index (χ2v) is 4.36. The van der Waals surface area contributed by atoms with Crippen LogP contribution in [-0.4, -0.2) is 11.1 Å². The fraction of sp³-hybridized carbons (Fsp3) is 0.0556. The van der Waals surface area contributed by atoms with Gasteiger partial charge in [0.15, 0.2) is 0 Å². The summed E-state index contributed by atoms with van der Waals surface area (Å²) in [6.45, 7) is 0. The molecule has 0 fully saturated rings. The van der Waals surface area contributed by atoms with Gasteiger partial charge in [-0.25, -0.2) is 24.3 Å². The molecule has 0 aliphatic carbocycles. The minimum atomic E-state index is -0.813. The van der Waals surface area contributed by atoms with Gasteiger partial charge in [-0.3, -0.25) is 4.79 Å². The smallest absolute Gasteiger partial charge is 0.481 e. The van der Waals surface area contributed by atoms with E-state index >= 15 is 0 Å². The number of carboxylic acids is 1. The Labute approximate surface area is 135 Å². The Morgan fingerprint density at radius 2 is 1.52 bits per heavy atom. The third-order valence-electron chi connectivity index (χ3n) is 2.96. The molecule has 0 saturated carbocycles. The molecule has 0 spiro atoms. The zero-order valence-electron chi connectivity index (χ0n) is 11.4. The SMILES string of the molecule is O=C(O)C(c1ccccc1)[c-]1cccc1.[Fe+2].c1cc[cH-]c1. The van der Waals surface area contributed by atoms with E-state index in [0.717, 1.165) is 11.1 Å². The van der Waals surface area contributed by atoms with Gasteiger partial charge in [0.25, 0.3) is 0 Å². The Morgan fingerprint density at radius 3 is 1.95 bits per heavy atom. The molecule has 1 atom stereocenters. The number of carboxylic acid groups (broad SMARTS) is 1. The van der Waals surface area contributed by atoms with Crippen molar-refractivity contribution in [3.8, 4) is 0 Å². The summed E-state index contributed by atoms with van der Waals surface area (Å²) >= 11 is 0. The van der Waals surface area contributed by atoms with Crippen molar-refractivity contribution in [1.82, 2.24) is 0 Å². The van der Waals surface area contributed by atoms with Crippen LogP contribution in [0.1, 0.15) is 17.0 Å².